The Morgan fingerprint density at radius 1 is 1.32 bits per heavy atom. The molecule has 0 bridgehead atoms. The lowest BCUT2D eigenvalue weighted by atomic mass is 9.79. The Kier molecular flexibility index (Phi) is 3.90. The van der Waals surface area contributed by atoms with Crippen LogP contribution in [0, 0.1) is 11.3 Å². The number of carbonyl (C=O) groups is 1. The summed E-state index contributed by atoms with van der Waals surface area (Å²) in [6.45, 7) is 7.45. The van der Waals surface area contributed by atoms with Crippen molar-refractivity contribution in [3.05, 3.63) is 29.3 Å². The third-order valence-electron chi connectivity index (χ3n) is 3.24. The largest absolute Gasteiger partial charge is 0.496 e. The third kappa shape index (κ3) is 2.70. The standard InChI is InChI=1S/C15H19NO3/c1-14(2,3)11-8-10(6-7-12(11)19-5)15(4,9-16)13(17)18/h6-8H,1-5H3,(H,17,18). The van der Waals surface area contributed by atoms with Gasteiger partial charge in [0.2, 0.25) is 0 Å². The second-order valence-corrected chi connectivity index (χ2v) is 5.71. The maximum atomic E-state index is 11.3. The summed E-state index contributed by atoms with van der Waals surface area (Å²) in [4.78, 5) is 11.3. The van der Waals surface area contributed by atoms with Crippen molar-refractivity contribution >= 4 is 5.97 Å². The predicted molar refractivity (Wildman–Crippen MR) is 72.3 cm³/mol. The van der Waals surface area contributed by atoms with Crippen LogP contribution < -0.4 is 4.74 Å². The lowest BCUT2D eigenvalue weighted by Gasteiger charge is -2.25. The monoisotopic (exact) mass is 261 g/mol. The van der Waals surface area contributed by atoms with Gasteiger partial charge in [0.15, 0.2) is 5.41 Å². The van der Waals surface area contributed by atoms with Crippen molar-refractivity contribution < 1.29 is 14.6 Å². The van der Waals surface area contributed by atoms with Gasteiger partial charge in [0.05, 0.1) is 13.2 Å². The second kappa shape index (κ2) is 4.93. The molecule has 0 aromatic heterocycles. The summed E-state index contributed by atoms with van der Waals surface area (Å²) in [6, 6.07) is 6.96. The first-order valence-electron chi connectivity index (χ1n) is 6.00. The fraction of sp³-hybridized carbons (Fsp3) is 0.467. The molecular weight excluding hydrogens is 242 g/mol. The van der Waals surface area contributed by atoms with Crippen molar-refractivity contribution in [3.8, 4) is 11.8 Å². The SMILES string of the molecule is COc1ccc(C(C)(C#N)C(=O)O)cc1C(C)(C)C. The molecule has 1 unspecified atom stereocenters. The molecule has 0 amide bonds. The maximum Gasteiger partial charge on any atom is 0.328 e. The Labute approximate surface area is 113 Å². The van der Waals surface area contributed by atoms with Crippen LogP contribution in [0.25, 0.3) is 0 Å². The molecule has 0 saturated heterocycles. The molecular formula is C15H19NO3. The Morgan fingerprint density at radius 3 is 2.26 bits per heavy atom. The van der Waals surface area contributed by atoms with Gasteiger partial charge < -0.3 is 9.84 Å². The smallest absolute Gasteiger partial charge is 0.328 e. The highest BCUT2D eigenvalue weighted by Crippen LogP contribution is 2.35. The number of carboxylic acid groups (broad SMARTS) is 1. The Hall–Kier alpha value is -2.02. The molecule has 0 aliphatic heterocycles. The van der Waals surface area contributed by atoms with Gasteiger partial charge in [0, 0.05) is 0 Å². The van der Waals surface area contributed by atoms with Gasteiger partial charge in [-0.2, -0.15) is 5.26 Å². The number of nitrogens with zero attached hydrogens (tertiary/aromatic N) is 1. The van der Waals surface area contributed by atoms with Crippen molar-refractivity contribution in [1.82, 2.24) is 0 Å². The highest BCUT2D eigenvalue weighted by atomic mass is 16.5. The minimum Gasteiger partial charge on any atom is -0.496 e. The van der Waals surface area contributed by atoms with Crippen LogP contribution in [0.5, 0.6) is 5.75 Å². The maximum absolute atomic E-state index is 11.3. The summed E-state index contributed by atoms with van der Waals surface area (Å²) in [5, 5.41) is 18.4. The highest BCUT2D eigenvalue weighted by Gasteiger charge is 2.36. The predicted octanol–water partition coefficient (Wildman–Crippen LogP) is 2.86. The average Bonchev–Trinajstić information content (AvgIpc) is 2.35. The lowest BCUT2D eigenvalue weighted by Crippen LogP contribution is -2.31. The minimum absolute atomic E-state index is 0.198. The van der Waals surface area contributed by atoms with Gasteiger partial charge in [-0.25, -0.2) is 0 Å². The van der Waals surface area contributed by atoms with Gasteiger partial charge in [-0.15, -0.1) is 0 Å². The van der Waals surface area contributed by atoms with Gasteiger partial charge >= 0.3 is 5.97 Å². The number of carboxylic acids is 1. The molecule has 1 N–H and O–H groups in total. The first-order valence-corrected chi connectivity index (χ1v) is 6.00. The molecule has 19 heavy (non-hydrogen) atoms. The van der Waals surface area contributed by atoms with Crippen LogP contribution >= 0.6 is 0 Å². The van der Waals surface area contributed by atoms with E-state index >= 15 is 0 Å². The molecule has 102 valence electrons. The number of rotatable bonds is 3. The van der Waals surface area contributed by atoms with E-state index < -0.39 is 11.4 Å². The molecule has 4 heteroatoms. The zero-order valence-corrected chi connectivity index (χ0v) is 11.9. The van der Waals surface area contributed by atoms with Gasteiger partial charge in [-0.05, 0) is 35.6 Å². The molecule has 0 heterocycles. The van der Waals surface area contributed by atoms with Gasteiger partial charge in [0.1, 0.15) is 5.75 Å². The van der Waals surface area contributed by atoms with Crippen LogP contribution in [0.2, 0.25) is 0 Å². The number of nitriles is 1. The van der Waals surface area contributed by atoms with Crippen LogP contribution in [0.1, 0.15) is 38.8 Å². The van der Waals surface area contributed by atoms with E-state index in [2.05, 4.69) is 0 Å². The van der Waals surface area contributed by atoms with Crippen LogP contribution in [0.3, 0.4) is 0 Å². The molecule has 0 radical (unpaired) electrons. The average molecular weight is 261 g/mol. The van der Waals surface area contributed by atoms with E-state index in [1.165, 1.54) is 6.92 Å². The number of aliphatic carboxylic acids is 1. The molecule has 4 nitrogen and oxygen atoms in total. The number of hydrogen-bond acceptors (Lipinski definition) is 3. The highest BCUT2D eigenvalue weighted by molar-refractivity contribution is 5.84. The zero-order chi connectivity index (χ0) is 14.8. The molecule has 0 saturated carbocycles. The number of methoxy groups -OCH3 is 1. The normalized spacial score (nSPS) is 14.3. The first-order chi connectivity index (χ1) is 8.66. The van der Waals surface area contributed by atoms with E-state index in [-0.39, 0.29) is 5.41 Å². The molecule has 1 aromatic carbocycles. The topological polar surface area (TPSA) is 70.3 Å². The fourth-order valence-electron chi connectivity index (χ4n) is 1.84. The number of ether oxygens (including phenoxy) is 1. The molecule has 0 aliphatic rings. The second-order valence-electron chi connectivity index (χ2n) is 5.71. The van der Waals surface area contributed by atoms with Crippen molar-refractivity contribution in [2.75, 3.05) is 7.11 Å². The first kappa shape index (κ1) is 15.0. The van der Waals surface area contributed by atoms with E-state index in [0.717, 1.165) is 5.56 Å². The van der Waals surface area contributed by atoms with Crippen molar-refractivity contribution in [1.29, 1.82) is 5.26 Å². The quantitative estimate of drug-likeness (QED) is 0.908. The molecule has 1 rings (SSSR count). The Balaban J connectivity index is 3.51. The van der Waals surface area contributed by atoms with Gasteiger partial charge in [0.25, 0.3) is 0 Å². The van der Waals surface area contributed by atoms with Crippen LogP contribution in [-0.4, -0.2) is 18.2 Å². The van der Waals surface area contributed by atoms with E-state index in [4.69, 9.17) is 10.00 Å². The van der Waals surface area contributed by atoms with Crippen LogP contribution in [0.15, 0.2) is 18.2 Å². The van der Waals surface area contributed by atoms with E-state index in [1.54, 1.807) is 25.3 Å². The van der Waals surface area contributed by atoms with E-state index in [1.807, 2.05) is 26.8 Å². The van der Waals surface area contributed by atoms with Gasteiger partial charge in [-0.3, -0.25) is 4.79 Å². The summed E-state index contributed by atoms with van der Waals surface area (Å²) in [6.07, 6.45) is 0. The van der Waals surface area contributed by atoms with Gasteiger partial charge in [-0.1, -0.05) is 26.8 Å². The molecule has 1 aromatic rings. The number of hydrogen-bond donors (Lipinski definition) is 1. The van der Waals surface area contributed by atoms with Crippen LogP contribution in [0.4, 0.5) is 0 Å². The third-order valence-corrected chi connectivity index (χ3v) is 3.24. The Bertz CT molecular complexity index is 537. The molecule has 0 aliphatic carbocycles. The summed E-state index contributed by atoms with van der Waals surface area (Å²) in [7, 11) is 1.57. The summed E-state index contributed by atoms with van der Waals surface area (Å²) >= 11 is 0. The van der Waals surface area contributed by atoms with Crippen LogP contribution in [-0.2, 0) is 15.6 Å². The summed E-state index contributed by atoms with van der Waals surface area (Å²) < 4.78 is 5.30. The summed E-state index contributed by atoms with van der Waals surface area (Å²) in [5.41, 5.74) is -0.397. The van der Waals surface area contributed by atoms with E-state index in [9.17, 15) is 9.90 Å². The molecule has 0 spiro atoms. The van der Waals surface area contributed by atoms with E-state index in [0.29, 0.717) is 11.3 Å². The minimum atomic E-state index is -1.55. The fourth-order valence-corrected chi connectivity index (χ4v) is 1.84. The number of benzene rings is 1. The van der Waals surface area contributed by atoms with Crippen molar-refractivity contribution in [2.45, 2.75) is 38.5 Å². The van der Waals surface area contributed by atoms with Crippen molar-refractivity contribution in [2.24, 2.45) is 0 Å². The lowest BCUT2D eigenvalue weighted by molar-refractivity contribution is -0.141. The molecule has 0 fully saturated rings. The summed E-state index contributed by atoms with van der Waals surface area (Å²) in [5.74, 6) is -0.457. The molecule has 1 atom stereocenters. The zero-order valence-electron chi connectivity index (χ0n) is 11.9. The van der Waals surface area contributed by atoms with Crippen molar-refractivity contribution in [3.63, 3.8) is 0 Å². The Morgan fingerprint density at radius 2 is 1.89 bits per heavy atom.